The van der Waals surface area contributed by atoms with Crippen LogP contribution in [0.2, 0.25) is 0 Å². The van der Waals surface area contributed by atoms with Gasteiger partial charge in [-0.1, -0.05) is 45.0 Å². The van der Waals surface area contributed by atoms with Crippen LogP contribution in [0.1, 0.15) is 47.8 Å². The van der Waals surface area contributed by atoms with Gasteiger partial charge in [0.1, 0.15) is 6.04 Å². The van der Waals surface area contributed by atoms with Gasteiger partial charge < -0.3 is 11.1 Å². The normalized spacial score (nSPS) is 13.1. The van der Waals surface area contributed by atoms with Crippen molar-refractivity contribution in [1.29, 1.82) is 0 Å². The summed E-state index contributed by atoms with van der Waals surface area (Å²) in [6, 6.07) is 10.4. The van der Waals surface area contributed by atoms with Crippen LogP contribution in [0.4, 0.5) is 13.2 Å². The van der Waals surface area contributed by atoms with E-state index in [9.17, 15) is 22.8 Å². The van der Waals surface area contributed by atoms with Gasteiger partial charge in [-0.15, -0.1) is 0 Å². The number of benzene rings is 2. The lowest BCUT2D eigenvalue weighted by atomic mass is 9.86. The molecule has 0 aliphatic heterocycles. The molecular weight excluding hydrogens is 369 g/mol. The summed E-state index contributed by atoms with van der Waals surface area (Å²) in [5.41, 5.74) is 6.39. The molecule has 2 aromatic carbocycles. The van der Waals surface area contributed by atoms with Crippen molar-refractivity contribution in [2.45, 2.75) is 44.8 Å². The Balaban J connectivity index is 2.10. The molecule has 0 fully saturated rings. The Morgan fingerprint density at radius 1 is 0.929 bits per heavy atom. The van der Waals surface area contributed by atoms with E-state index in [0.29, 0.717) is 11.1 Å². The van der Waals surface area contributed by atoms with Crippen molar-refractivity contribution in [2.75, 3.05) is 0 Å². The molecule has 0 aromatic heterocycles. The number of hydrogen-bond donors (Lipinski definition) is 2. The number of halogens is 3. The lowest BCUT2D eigenvalue weighted by molar-refractivity contribution is -0.137. The monoisotopic (exact) mass is 392 g/mol. The third-order valence-corrected chi connectivity index (χ3v) is 4.38. The zero-order valence-corrected chi connectivity index (χ0v) is 15.9. The molecule has 150 valence electrons. The predicted octanol–water partition coefficient (Wildman–Crippen LogP) is 3.83. The van der Waals surface area contributed by atoms with Gasteiger partial charge in [0.05, 0.1) is 5.56 Å². The maximum Gasteiger partial charge on any atom is 0.416 e. The highest BCUT2D eigenvalue weighted by atomic mass is 19.4. The molecule has 0 aliphatic rings. The molecule has 3 N–H and O–H groups in total. The zero-order chi connectivity index (χ0) is 21.1. The number of nitrogens with two attached hydrogens (primary N) is 1. The fraction of sp³-hybridized carbons (Fsp3) is 0.333. The topological polar surface area (TPSA) is 72.2 Å². The Kier molecular flexibility index (Phi) is 6.17. The van der Waals surface area contributed by atoms with Gasteiger partial charge in [-0.05, 0) is 40.8 Å². The molecule has 0 radical (unpaired) electrons. The lowest BCUT2D eigenvalue weighted by Gasteiger charge is -2.20. The second kappa shape index (κ2) is 8.04. The number of alkyl halides is 3. The molecule has 2 aromatic rings. The standard InChI is InChI=1S/C21H23F3N2O2/c1-20(2,3)15-10-6-14(7-11-15)19(28)26-17(18(25)27)12-13-4-8-16(9-5-13)21(22,23)24/h4-11,17H,12H2,1-3H3,(H2,25,27)(H,26,28)/t17-/m1/s1. The molecule has 0 saturated heterocycles. The molecule has 2 rings (SSSR count). The van der Waals surface area contributed by atoms with Crippen LogP contribution < -0.4 is 11.1 Å². The minimum absolute atomic E-state index is 0.000709. The molecule has 0 saturated carbocycles. The Bertz CT molecular complexity index is 836. The maximum absolute atomic E-state index is 12.6. The van der Waals surface area contributed by atoms with E-state index in [1.54, 1.807) is 12.1 Å². The summed E-state index contributed by atoms with van der Waals surface area (Å²) in [5.74, 6) is -1.24. The van der Waals surface area contributed by atoms with E-state index in [2.05, 4.69) is 26.1 Å². The van der Waals surface area contributed by atoms with E-state index >= 15 is 0 Å². The van der Waals surface area contributed by atoms with Crippen LogP contribution in [0.25, 0.3) is 0 Å². The van der Waals surface area contributed by atoms with Crippen molar-refractivity contribution in [3.05, 3.63) is 70.8 Å². The molecule has 1 atom stereocenters. The first-order valence-corrected chi connectivity index (χ1v) is 8.75. The van der Waals surface area contributed by atoms with E-state index in [4.69, 9.17) is 5.73 Å². The molecule has 4 nitrogen and oxygen atoms in total. The molecule has 0 bridgehead atoms. The minimum Gasteiger partial charge on any atom is -0.368 e. The van der Waals surface area contributed by atoms with E-state index in [-0.39, 0.29) is 11.8 Å². The molecular formula is C21H23F3N2O2. The van der Waals surface area contributed by atoms with Gasteiger partial charge in [0.25, 0.3) is 5.91 Å². The summed E-state index contributed by atoms with van der Waals surface area (Å²) >= 11 is 0. The summed E-state index contributed by atoms with van der Waals surface area (Å²) < 4.78 is 37.9. The second-order valence-corrected chi connectivity index (χ2v) is 7.65. The second-order valence-electron chi connectivity index (χ2n) is 7.65. The molecule has 0 spiro atoms. The van der Waals surface area contributed by atoms with Crippen molar-refractivity contribution in [3.63, 3.8) is 0 Å². The van der Waals surface area contributed by atoms with Crippen molar-refractivity contribution < 1.29 is 22.8 Å². The average Bonchev–Trinajstić information content (AvgIpc) is 2.60. The molecule has 2 amide bonds. The number of hydrogen-bond acceptors (Lipinski definition) is 2. The van der Waals surface area contributed by atoms with Crippen LogP contribution in [0.15, 0.2) is 48.5 Å². The third-order valence-electron chi connectivity index (χ3n) is 4.38. The van der Waals surface area contributed by atoms with Crippen LogP contribution in [0.3, 0.4) is 0 Å². The van der Waals surface area contributed by atoms with Crippen LogP contribution in [-0.4, -0.2) is 17.9 Å². The van der Waals surface area contributed by atoms with Crippen LogP contribution >= 0.6 is 0 Å². The fourth-order valence-electron chi connectivity index (χ4n) is 2.65. The highest BCUT2D eigenvalue weighted by molar-refractivity contribution is 5.97. The summed E-state index contributed by atoms with van der Waals surface area (Å²) in [5, 5.41) is 2.55. The van der Waals surface area contributed by atoms with Crippen molar-refractivity contribution in [3.8, 4) is 0 Å². The smallest absolute Gasteiger partial charge is 0.368 e. The summed E-state index contributed by atoms with van der Waals surface area (Å²) in [6.45, 7) is 6.15. The third kappa shape index (κ3) is 5.58. The lowest BCUT2D eigenvalue weighted by Crippen LogP contribution is -2.45. The van der Waals surface area contributed by atoms with Gasteiger partial charge in [0, 0.05) is 12.0 Å². The first-order valence-electron chi connectivity index (χ1n) is 8.75. The number of carbonyl (C=O) groups is 2. The van der Waals surface area contributed by atoms with Crippen LogP contribution in [0, 0.1) is 0 Å². The van der Waals surface area contributed by atoms with Gasteiger partial charge >= 0.3 is 6.18 Å². The SMILES string of the molecule is CC(C)(C)c1ccc(C(=O)N[C@H](Cc2ccc(C(F)(F)F)cc2)C(N)=O)cc1. The van der Waals surface area contributed by atoms with Crippen molar-refractivity contribution >= 4 is 11.8 Å². The van der Waals surface area contributed by atoms with Gasteiger partial charge in [-0.25, -0.2) is 0 Å². The van der Waals surface area contributed by atoms with Gasteiger partial charge in [-0.2, -0.15) is 13.2 Å². The largest absolute Gasteiger partial charge is 0.416 e. The Morgan fingerprint density at radius 2 is 1.43 bits per heavy atom. The molecule has 0 aliphatic carbocycles. The van der Waals surface area contributed by atoms with E-state index in [1.165, 1.54) is 12.1 Å². The summed E-state index contributed by atoms with van der Waals surface area (Å²) in [7, 11) is 0. The number of amides is 2. The van der Waals surface area contributed by atoms with Crippen LogP contribution in [-0.2, 0) is 22.8 Å². The van der Waals surface area contributed by atoms with E-state index < -0.39 is 29.6 Å². The summed E-state index contributed by atoms with van der Waals surface area (Å²) in [6.07, 6.45) is -4.44. The number of carbonyl (C=O) groups excluding carboxylic acids is 2. The molecule has 0 heterocycles. The number of primary amides is 1. The van der Waals surface area contributed by atoms with Crippen LogP contribution in [0.5, 0.6) is 0 Å². The van der Waals surface area contributed by atoms with Gasteiger partial charge in [0.2, 0.25) is 5.91 Å². The van der Waals surface area contributed by atoms with Crippen molar-refractivity contribution in [2.24, 2.45) is 5.73 Å². The molecule has 28 heavy (non-hydrogen) atoms. The van der Waals surface area contributed by atoms with Gasteiger partial charge in [0.15, 0.2) is 0 Å². The zero-order valence-electron chi connectivity index (χ0n) is 15.9. The predicted molar refractivity (Wildman–Crippen MR) is 101 cm³/mol. The molecule has 7 heteroatoms. The van der Waals surface area contributed by atoms with Crippen molar-refractivity contribution in [1.82, 2.24) is 5.32 Å². The Morgan fingerprint density at radius 3 is 1.86 bits per heavy atom. The Hall–Kier alpha value is -2.83. The number of rotatable bonds is 5. The number of nitrogens with one attached hydrogen (secondary N) is 1. The van der Waals surface area contributed by atoms with E-state index in [0.717, 1.165) is 17.7 Å². The maximum atomic E-state index is 12.6. The first kappa shape index (κ1) is 21.5. The first-order chi connectivity index (χ1) is 12.9. The van der Waals surface area contributed by atoms with Gasteiger partial charge in [-0.3, -0.25) is 9.59 Å². The highest BCUT2D eigenvalue weighted by Gasteiger charge is 2.30. The fourth-order valence-corrected chi connectivity index (χ4v) is 2.65. The minimum atomic E-state index is -4.44. The summed E-state index contributed by atoms with van der Waals surface area (Å²) in [4.78, 5) is 24.1. The van der Waals surface area contributed by atoms with E-state index in [1.807, 2.05) is 12.1 Å². The highest BCUT2D eigenvalue weighted by Crippen LogP contribution is 2.29. The Labute approximate surface area is 161 Å². The quantitative estimate of drug-likeness (QED) is 0.812. The molecule has 0 unspecified atom stereocenters. The average molecular weight is 392 g/mol.